The predicted octanol–water partition coefficient (Wildman–Crippen LogP) is 0.0298. The molecule has 2 saturated heterocycles. The number of carbonyl (C=O) groups is 2. The quantitative estimate of drug-likeness (QED) is 0.754. The maximum atomic E-state index is 13.0. The number of rotatable bonds is 2. The highest BCUT2D eigenvalue weighted by molar-refractivity contribution is 5.91. The normalized spacial score (nSPS) is 23.1. The summed E-state index contributed by atoms with van der Waals surface area (Å²) in [6, 6.07) is 1.93. The van der Waals surface area contributed by atoms with Gasteiger partial charge in [-0.1, -0.05) is 0 Å². The van der Waals surface area contributed by atoms with Crippen molar-refractivity contribution in [2.24, 2.45) is 5.92 Å². The first kappa shape index (κ1) is 16.7. The topological polar surface area (TPSA) is 86.9 Å². The average molecular weight is 357 g/mol. The number of carbonyl (C=O) groups excluding carboxylic acids is 2. The maximum absolute atomic E-state index is 13.0. The van der Waals surface area contributed by atoms with E-state index in [-0.39, 0.29) is 17.7 Å². The van der Waals surface area contributed by atoms with E-state index in [2.05, 4.69) is 20.1 Å². The molecule has 4 rings (SSSR count). The van der Waals surface area contributed by atoms with Crippen molar-refractivity contribution in [2.45, 2.75) is 25.8 Å². The summed E-state index contributed by atoms with van der Waals surface area (Å²) >= 11 is 0. The summed E-state index contributed by atoms with van der Waals surface area (Å²) in [6.07, 6.45) is 3.67. The molecule has 0 aliphatic carbocycles. The van der Waals surface area contributed by atoms with Crippen LogP contribution < -0.4 is 4.90 Å². The Kier molecular flexibility index (Phi) is 3.82. The number of anilines is 1. The molecule has 2 aliphatic rings. The number of likely N-dealkylation sites (tertiary alicyclic amines) is 1. The number of nitrogens with zero attached hydrogens (tertiary/aromatic N) is 7. The lowest BCUT2D eigenvalue weighted by molar-refractivity contribution is -0.138. The Morgan fingerprint density at radius 3 is 2.62 bits per heavy atom. The minimum atomic E-state index is -0.439. The van der Waals surface area contributed by atoms with Crippen LogP contribution in [0.5, 0.6) is 0 Å². The van der Waals surface area contributed by atoms with Gasteiger partial charge >= 0.3 is 0 Å². The van der Waals surface area contributed by atoms with Gasteiger partial charge in [-0.25, -0.2) is 4.98 Å². The molecule has 0 aromatic carbocycles. The van der Waals surface area contributed by atoms with Crippen molar-refractivity contribution >= 4 is 23.4 Å². The third-order valence-corrected chi connectivity index (χ3v) is 5.87. The molecule has 0 unspecified atom stereocenters. The van der Waals surface area contributed by atoms with Gasteiger partial charge in [-0.3, -0.25) is 14.0 Å². The second-order valence-corrected chi connectivity index (χ2v) is 7.48. The van der Waals surface area contributed by atoms with Crippen LogP contribution in [0.4, 0.5) is 5.82 Å². The minimum Gasteiger partial charge on any atom is -0.354 e. The molecule has 0 saturated carbocycles. The van der Waals surface area contributed by atoms with Gasteiger partial charge in [0, 0.05) is 51.4 Å². The van der Waals surface area contributed by atoms with E-state index in [1.807, 2.05) is 29.2 Å². The van der Waals surface area contributed by atoms with Crippen LogP contribution in [0.1, 0.15) is 20.3 Å². The predicted molar refractivity (Wildman–Crippen MR) is 94.5 cm³/mol. The second kappa shape index (κ2) is 5.93. The zero-order valence-electron chi connectivity index (χ0n) is 15.3. The van der Waals surface area contributed by atoms with E-state index >= 15 is 0 Å². The average Bonchev–Trinajstić information content (AvgIpc) is 3.20. The van der Waals surface area contributed by atoms with Crippen LogP contribution in [-0.2, 0) is 9.59 Å². The zero-order valence-corrected chi connectivity index (χ0v) is 15.3. The first-order chi connectivity index (χ1) is 12.4. The molecule has 9 heteroatoms. The van der Waals surface area contributed by atoms with Crippen molar-refractivity contribution in [1.29, 1.82) is 0 Å². The molecule has 0 bridgehead atoms. The molecule has 1 atom stereocenters. The molecule has 0 N–H and O–H groups in total. The molecule has 4 heterocycles. The number of aromatic nitrogens is 4. The number of hydrogen-bond acceptors (Lipinski definition) is 6. The van der Waals surface area contributed by atoms with Gasteiger partial charge in [-0.05, 0) is 19.9 Å². The summed E-state index contributed by atoms with van der Waals surface area (Å²) < 4.78 is 1.85. The van der Waals surface area contributed by atoms with Crippen LogP contribution in [-0.4, -0.2) is 80.0 Å². The number of hydrogen-bond donors (Lipinski definition) is 0. The lowest BCUT2D eigenvalue weighted by Gasteiger charge is -2.39. The van der Waals surface area contributed by atoms with Crippen LogP contribution >= 0.6 is 0 Å². The van der Waals surface area contributed by atoms with Gasteiger partial charge in [0.1, 0.15) is 12.1 Å². The molecule has 2 aliphatic heterocycles. The van der Waals surface area contributed by atoms with Gasteiger partial charge in [0.2, 0.25) is 11.8 Å². The van der Waals surface area contributed by atoms with Crippen molar-refractivity contribution in [2.75, 3.05) is 38.1 Å². The first-order valence-corrected chi connectivity index (χ1v) is 8.84. The second-order valence-electron chi connectivity index (χ2n) is 7.48. The molecule has 2 fully saturated rings. The first-order valence-electron chi connectivity index (χ1n) is 8.84. The Bertz CT molecular complexity index is 854. The van der Waals surface area contributed by atoms with E-state index in [9.17, 15) is 9.59 Å². The van der Waals surface area contributed by atoms with Crippen LogP contribution in [0.25, 0.3) is 5.78 Å². The number of amides is 2. The van der Waals surface area contributed by atoms with E-state index in [0.717, 1.165) is 18.9 Å². The highest BCUT2D eigenvalue weighted by Gasteiger charge is 2.49. The van der Waals surface area contributed by atoms with Crippen molar-refractivity contribution < 1.29 is 9.59 Å². The molecular formula is C17H23N7O2. The lowest BCUT2D eigenvalue weighted by atomic mass is 9.87. The number of piperazine rings is 1. The summed E-state index contributed by atoms with van der Waals surface area (Å²) in [5.74, 6) is 1.38. The summed E-state index contributed by atoms with van der Waals surface area (Å²) in [6.45, 7) is 6.65. The molecule has 2 aromatic rings. The van der Waals surface area contributed by atoms with E-state index in [4.69, 9.17) is 0 Å². The van der Waals surface area contributed by atoms with Gasteiger partial charge in [0.25, 0.3) is 5.78 Å². The molecule has 2 aromatic heterocycles. The van der Waals surface area contributed by atoms with E-state index in [1.165, 1.54) is 0 Å². The molecule has 138 valence electrons. The standard InChI is InChI=1S/C17H23N7O2/c1-17(2)12(10-14(25)21(17)3)15(26)23-8-6-22(7-9-23)13-4-5-18-16-20-19-11-24(13)16/h4-5,11-12H,6-10H2,1-3H3/t12-/m0/s1. The van der Waals surface area contributed by atoms with E-state index in [1.54, 1.807) is 24.5 Å². The summed E-state index contributed by atoms with van der Waals surface area (Å²) in [5.41, 5.74) is -0.439. The Labute approximate surface area is 151 Å². The molecule has 0 spiro atoms. The van der Waals surface area contributed by atoms with Crippen LogP contribution in [0.3, 0.4) is 0 Å². The Hall–Kier alpha value is -2.71. The fourth-order valence-corrected chi connectivity index (χ4v) is 3.87. The van der Waals surface area contributed by atoms with Crippen molar-refractivity contribution in [3.05, 3.63) is 18.6 Å². The van der Waals surface area contributed by atoms with E-state index in [0.29, 0.717) is 25.3 Å². The van der Waals surface area contributed by atoms with Gasteiger partial charge in [-0.2, -0.15) is 0 Å². The monoisotopic (exact) mass is 357 g/mol. The van der Waals surface area contributed by atoms with Crippen LogP contribution in [0.15, 0.2) is 18.6 Å². The lowest BCUT2D eigenvalue weighted by Crippen LogP contribution is -2.54. The van der Waals surface area contributed by atoms with Gasteiger partial charge in [0.15, 0.2) is 0 Å². The maximum Gasteiger partial charge on any atom is 0.256 e. The Morgan fingerprint density at radius 2 is 1.96 bits per heavy atom. The molecule has 0 radical (unpaired) electrons. The Balaban J connectivity index is 1.46. The zero-order chi connectivity index (χ0) is 18.5. The van der Waals surface area contributed by atoms with Crippen molar-refractivity contribution in [3.63, 3.8) is 0 Å². The summed E-state index contributed by atoms with van der Waals surface area (Å²) in [4.78, 5) is 35.0. The summed E-state index contributed by atoms with van der Waals surface area (Å²) in [7, 11) is 1.78. The minimum absolute atomic E-state index is 0.0405. The molecule has 26 heavy (non-hydrogen) atoms. The van der Waals surface area contributed by atoms with Gasteiger partial charge in [-0.15, -0.1) is 10.2 Å². The fraction of sp³-hybridized carbons (Fsp3) is 0.588. The smallest absolute Gasteiger partial charge is 0.256 e. The van der Waals surface area contributed by atoms with E-state index < -0.39 is 5.54 Å². The van der Waals surface area contributed by atoms with Crippen molar-refractivity contribution in [3.8, 4) is 0 Å². The molecular weight excluding hydrogens is 334 g/mol. The Morgan fingerprint density at radius 1 is 1.23 bits per heavy atom. The van der Waals surface area contributed by atoms with Crippen LogP contribution in [0.2, 0.25) is 0 Å². The van der Waals surface area contributed by atoms with Crippen molar-refractivity contribution in [1.82, 2.24) is 29.4 Å². The SMILES string of the molecule is CN1C(=O)C[C@@H](C(=O)N2CCN(c3ccnc4nncn34)CC2)C1(C)C. The number of fused-ring (bicyclic) bond motifs is 1. The highest BCUT2D eigenvalue weighted by Crippen LogP contribution is 2.35. The van der Waals surface area contributed by atoms with Crippen LogP contribution in [0, 0.1) is 5.92 Å². The van der Waals surface area contributed by atoms with Gasteiger partial charge in [0.05, 0.1) is 5.92 Å². The molecule has 9 nitrogen and oxygen atoms in total. The highest BCUT2D eigenvalue weighted by atomic mass is 16.2. The largest absolute Gasteiger partial charge is 0.354 e. The van der Waals surface area contributed by atoms with Gasteiger partial charge < -0.3 is 14.7 Å². The fourth-order valence-electron chi connectivity index (χ4n) is 3.87. The third-order valence-electron chi connectivity index (χ3n) is 5.87. The molecule has 2 amide bonds. The summed E-state index contributed by atoms with van der Waals surface area (Å²) in [5, 5.41) is 7.88. The third kappa shape index (κ3) is 2.49.